The predicted octanol–water partition coefficient (Wildman–Crippen LogP) is 0.431. The number of hydrogen-bond acceptors (Lipinski definition) is 3. The Bertz CT molecular complexity index is 227. The molecule has 5 heteroatoms. The zero-order valence-corrected chi connectivity index (χ0v) is 9.51. The highest BCUT2D eigenvalue weighted by atomic mass is 35.5. The molecular formula is C9H16ClN3O. The Morgan fingerprint density at radius 3 is 2.64 bits per heavy atom. The van der Waals surface area contributed by atoms with E-state index >= 15 is 0 Å². The summed E-state index contributed by atoms with van der Waals surface area (Å²) >= 11 is 5.65. The molecule has 2 atom stereocenters. The second kappa shape index (κ2) is 6.63. The first-order valence-electron chi connectivity index (χ1n) is 4.45. The van der Waals surface area contributed by atoms with Crippen LogP contribution in [0.15, 0.2) is 0 Å². The molecule has 0 rings (SSSR count). The fraction of sp³-hybridized carbons (Fsp3) is 0.778. The third-order valence-corrected chi connectivity index (χ3v) is 2.13. The maximum absolute atomic E-state index is 11.2. The minimum absolute atomic E-state index is 0.0000647. The fourth-order valence-corrected chi connectivity index (χ4v) is 1.42. The van der Waals surface area contributed by atoms with Crippen LogP contribution in [0.2, 0.25) is 0 Å². The lowest BCUT2D eigenvalue weighted by Crippen LogP contribution is -2.36. The maximum atomic E-state index is 11.2. The molecule has 2 unspecified atom stereocenters. The zero-order chi connectivity index (χ0) is 11.1. The quantitative estimate of drug-likeness (QED) is 0.680. The zero-order valence-electron chi connectivity index (χ0n) is 8.75. The van der Waals surface area contributed by atoms with Gasteiger partial charge in [-0.1, -0.05) is 6.92 Å². The summed E-state index contributed by atoms with van der Waals surface area (Å²) in [6, 6.07) is 1.94. The van der Waals surface area contributed by atoms with Gasteiger partial charge < -0.3 is 10.2 Å². The van der Waals surface area contributed by atoms with Gasteiger partial charge >= 0.3 is 0 Å². The highest BCUT2D eigenvalue weighted by molar-refractivity contribution is 6.22. The first kappa shape index (κ1) is 13.2. The Balaban J connectivity index is 3.89. The summed E-state index contributed by atoms with van der Waals surface area (Å²) in [5.74, 6) is -0.0903. The highest BCUT2D eigenvalue weighted by Gasteiger charge is 2.15. The van der Waals surface area contributed by atoms with Gasteiger partial charge in [0, 0.05) is 26.1 Å². The van der Waals surface area contributed by atoms with Crippen molar-refractivity contribution in [3.63, 3.8) is 0 Å². The summed E-state index contributed by atoms with van der Waals surface area (Å²) in [4.78, 5) is 13.0. The average molecular weight is 218 g/mol. The molecule has 0 fully saturated rings. The molecule has 0 spiro atoms. The summed E-state index contributed by atoms with van der Waals surface area (Å²) in [6.45, 7) is 2.91. The largest absolute Gasteiger partial charge is 0.359 e. The number of nitrogens with zero attached hydrogens (tertiary/aromatic N) is 2. The molecule has 0 aliphatic rings. The number of hydrogen-bond donors (Lipinski definition) is 1. The van der Waals surface area contributed by atoms with E-state index in [1.54, 1.807) is 7.05 Å². The lowest BCUT2D eigenvalue weighted by Gasteiger charge is -2.20. The first-order valence-corrected chi connectivity index (χ1v) is 4.88. The van der Waals surface area contributed by atoms with E-state index in [0.717, 1.165) is 0 Å². The van der Waals surface area contributed by atoms with E-state index in [2.05, 4.69) is 5.32 Å². The molecule has 0 bridgehead atoms. The molecule has 4 nitrogen and oxygen atoms in total. The second-order valence-electron chi connectivity index (χ2n) is 3.33. The minimum Gasteiger partial charge on any atom is -0.359 e. The van der Waals surface area contributed by atoms with E-state index in [0.29, 0.717) is 13.1 Å². The lowest BCUT2D eigenvalue weighted by molar-refractivity contribution is -0.124. The first-order chi connectivity index (χ1) is 6.51. The van der Waals surface area contributed by atoms with E-state index in [9.17, 15) is 4.79 Å². The second-order valence-corrected chi connectivity index (χ2v) is 3.86. The van der Waals surface area contributed by atoms with Crippen LogP contribution >= 0.6 is 11.6 Å². The predicted molar refractivity (Wildman–Crippen MR) is 56.0 cm³/mol. The number of carbonyl (C=O) groups excluding carboxylic acids is 1. The summed E-state index contributed by atoms with van der Waals surface area (Å²) in [7, 11) is 3.45. The Morgan fingerprint density at radius 2 is 2.21 bits per heavy atom. The molecule has 80 valence electrons. The molecule has 1 amide bonds. The monoisotopic (exact) mass is 217 g/mol. The van der Waals surface area contributed by atoms with Crippen LogP contribution < -0.4 is 5.32 Å². The number of halogens is 1. The van der Waals surface area contributed by atoms with Crippen molar-refractivity contribution in [1.29, 1.82) is 5.26 Å². The van der Waals surface area contributed by atoms with Gasteiger partial charge in [-0.05, 0) is 7.05 Å². The molecule has 0 saturated heterocycles. The summed E-state index contributed by atoms with van der Waals surface area (Å²) < 4.78 is 0. The normalized spacial score (nSPS) is 14.6. The molecule has 0 aromatic heterocycles. The summed E-state index contributed by atoms with van der Waals surface area (Å²) in [5.41, 5.74) is 0. The van der Waals surface area contributed by atoms with Crippen LogP contribution in [0.4, 0.5) is 0 Å². The topological polar surface area (TPSA) is 56.1 Å². The standard InChI is InChI=1S/C9H16ClN3O/c1-7(9(14)12-2)5-13(3)6-8(10)4-11/h7-8H,5-6H2,1-3H3,(H,12,14). The van der Waals surface area contributed by atoms with Crippen LogP contribution in [0.3, 0.4) is 0 Å². The van der Waals surface area contributed by atoms with Crippen molar-refractivity contribution < 1.29 is 4.79 Å². The highest BCUT2D eigenvalue weighted by Crippen LogP contribution is 2.01. The Morgan fingerprint density at radius 1 is 1.64 bits per heavy atom. The van der Waals surface area contributed by atoms with Gasteiger partial charge in [-0.25, -0.2) is 0 Å². The SMILES string of the molecule is CNC(=O)C(C)CN(C)CC(Cl)C#N. The van der Waals surface area contributed by atoms with Gasteiger partial charge in [0.05, 0.1) is 6.07 Å². The van der Waals surface area contributed by atoms with Crippen molar-refractivity contribution in [3.05, 3.63) is 0 Å². The molecule has 14 heavy (non-hydrogen) atoms. The molecule has 0 saturated carbocycles. The van der Waals surface area contributed by atoms with Crippen LogP contribution in [0.5, 0.6) is 0 Å². The molecule has 0 aliphatic carbocycles. The van der Waals surface area contributed by atoms with Gasteiger partial charge in [0.2, 0.25) is 5.91 Å². The molecule has 0 heterocycles. The number of rotatable bonds is 5. The Kier molecular flexibility index (Phi) is 6.26. The van der Waals surface area contributed by atoms with Crippen molar-refractivity contribution in [2.75, 3.05) is 27.2 Å². The van der Waals surface area contributed by atoms with Gasteiger partial charge in [-0.2, -0.15) is 5.26 Å². The molecular weight excluding hydrogens is 202 g/mol. The van der Waals surface area contributed by atoms with Gasteiger partial charge in [0.25, 0.3) is 0 Å². The number of nitriles is 1. The number of amides is 1. The number of nitrogens with one attached hydrogen (secondary N) is 1. The van der Waals surface area contributed by atoms with Crippen LogP contribution in [0.1, 0.15) is 6.92 Å². The van der Waals surface area contributed by atoms with Crippen molar-refractivity contribution in [2.24, 2.45) is 5.92 Å². The van der Waals surface area contributed by atoms with E-state index in [1.165, 1.54) is 0 Å². The van der Waals surface area contributed by atoms with Gasteiger partial charge in [0.15, 0.2) is 0 Å². The molecule has 0 radical (unpaired) electrons. The van der Waals surface area contributed by atoms with Crippen LogP contribution in [-0.2, 0) is 4.79 Å². The minimum atomic E-state index is -0.517. The maximum Gasteiger partial charge on any atom is 0.223 e. The third-order valence-electron chi connectivity index (χ3n) is 1.89. The van der Waals surface area contributed by atoms with Gasteiger partial charge in [-0.15, -0.1) is 11.6 Å². The average Bonchev–Trinajstić information content (AvgIpc) is 2.15. The van der Waals surface area contributed by atoms with E-state index < -0.39 is 5.38 Å². The van der Waals surface area contributed by atoms with Crippen LogP contribution in [-0.4, -0.2) is 43.4 Å². The van der Waals surface area contributed by atoms with Crippen molar-refractivity contribution in [2.45, 2.75) is 12.3 Å². The van der Waals surface area contributed by atoms with E-state index in [4.69, 9.17) is 16.9 Å². The Hall–Kier alpha value is -0.790. The molecule has 0 aliphatic heterocycles. The number of carbonyl (C=O) groups is 1. The molecule has 0 aromatic carbocycles. The van der Waals surface area contributed by atoms with Gasteiger partial charge in [-0.3, -0.25) is 4.79 Å². The lowest BCUT2D eigenvalue weighted by atomic mass is 10.1. The summed E-state index contributed by atoms with van der Waals surface area (Å²) in [5, 5.41) is 10.5. The van der Waals surface area contributed by atoms with E-state index in [1.807, 2.05) is 24.9 Å². The molecule has 0 aromatic rings. The summed E-state index contributed by atoms with van der Waals surface area (Å²) in [6.07, 6.45) is 0. The number of alkyl halides is 1. The van der Waals surface area contributed by atoms with Crippen molar-refractivity contribution >= 4 is 17.5 Å². The third kappa shape index (κ3) is 5.05. The van der Waals surface area contributed by atoms with E-state index in [-0.39, 0.29) is 11.8 Å². The van der Waals surface area contributed by atoms with Crippen molar-refractivity contribution in [3.8, 4) is 6.07 Å². The van der Waals surface area contributed by atoms with Crippen LogP contribution in [0.25, 0.3) is 0 Å². The molecule has 1 N–H and O–H groups in total. The van der Waals surface area contributed by atoms with Crippen molar-refractivity contribution in [1.82, 2.24) is 10.2 Å². The fourth-order valence-electron chi connectivity index (χ4n) is 1.19. The Labute approximate surface area is 89.8 Å². The van der Waals surface area contributed by atoms with Crippen LogP contribution in [0, 0.1) is 17.2 Å². The smallest absolute Gasteiger partial charge is 0.223 e. The van der Waals surface area contributed by atoms with Gasteiger partial charge in [0.1, 0.15) is 5.38 Å².